The maximum absolute atomic E-state index is 12.9. The minimum Gasteiger partial charge on any atom is -0.379 e. The first kappa shape index (κ1) is 25.2. The molecule has 1 aliphatic heterocycles. The Balaban J connectivity index is 1.73. The van der Waals surface area contributed by atoms with E-state index in [4.69, 9.17) is 4.74 Å². The van der Waals surface area contributed by atoms with Gasteiger partial charge in [-0.05, 0) is 42.5 Å². The van der Waals surface area contributed by atoms with Crippen LogP contribution in [0.2, 0.25) is 0 Å². The molecule has 2 aromatic rings. The number of pyridine rings is 1. The number of thioether (sulfide) groups is 1. The van der Waals surface area contributed by atoms with E-state index in [1.165, 1.54) is 40.3 Å². The SMILES string of the molecule is CSc1ccc(NC(=O)C(NC(=O)c2cccc(S(=O)(=O)N3CCOCC3)c2)C(C)C)cn1. The van der Waals surface area contributed by atoms with E-state index in [9.17, 15) is 18.0 Å². The average Bonchev–Trinajstić information content (AvgIpc) is 2.83. The number of carbonyl (C=O) groups is 2. The third-order valence-electron chi connectivity index (χ3n) is 5.15. The van der Waals surface area contributed by atoms with Crippen LogP contribution in [0.4, 0.5) is 5.69 Å². The summed E-state index contributed by atoms with van der Waals surface area (Å²) in [5.74, 6) is -1.11. The maximum Gasteiger partial charge on any atom is 0.251 e. The Morgan fingerprint density at radius 1 is 1.15 bits per heavy atom. The van der Waals surface area contributed by atoms with Gasteiger partial charge in [0.05, 0.1) is 35.0 Å². The molecular formula is C22H28N4O5S2. The summed E-state index contributed by atoms with van der Waals surface area (Å²) < 4.78 is 32.4. The number of nitrogens with zero attached hydrogens (tertiary/aromatic N) is 2. The number of morpholine rings is 1. The highest BCUT2D eigenvalue weighted by Gasteiger charge is 2.28. The second-order valence-electron chi connectivity index (χ2n) is 7.82. The van der Waals surface area contributed by atoms with Crippen LogP contribution in [-0.4, -0.2) is 68.1 Å². The summed E-state index contributed by atoms with van der Waals surface area (Å²) in [4.78, 5) is 30.0. The van der Waals surface area contributed by atoms with Crippen molar-refractivity contribution in [2.45, 2.75) is 29.8 Å². The van der Waals surface area contributed by atoms with Crippen molar-refractivity contribution in [3.8, 4) is 0 Å². The van der Waals surface area contributed by atoms with Crippen molar-refractivity contribution in [1.82, 2.24) is 14.6 Å². The second kappa shape index (κ2) is 11.1. The Bertz CT molecular complexity index is 1080. The van der Waals surface area contributed by atoms with E-state index in [2.05, 4.69) is 15.6 Å². The van der Waals surface area contributed by atoms with E-state index >= 15 is 0 Å². The third-order valence-corrected chi connectivity index (χ3v) is 7.71. The maximum atomic E-state index is 12.9. The van der Waals surface area contributed by atoms with Gasteiger partial charge in [0.25, 0.3) is 5.91 Å². The van der Waals surface area contributed by atoms with Crippen LogP contribution in [0.1, 0.15) is 24.2 Å². The van der Waals surface area contributed by atoms with E-state index in [0.29, 0.717) is 18.9 Å². The van der Waals surface area contributed by atoms with Gasteiger partial charge in [0, 0.05) is 18.7 Å². The Kier molecular flexibility index (Phi) is 8.46. The third kappa shape index (κ3) is 6.32. The largest absolute Gasteiger partial charge is 0.379 e. The lowest BCUT2D eigenvalue weighted by Gasteiger charge is -2.26. The molecule has 0 aliphatic carbocycles. The fourth-order valence-electron chi connectivity index (χ4n) is 3.29. The zero-order valence-electron chi connectivity index (χ0n) is 18.8. The number of carbonyl (C=O) groups excluding carboxylic acids is 2. The molecule has 2 heterocycles. The Morgan fingerprint density at radius 2 is 1.88 bits per heavy atom. The zero-order valence-corrected chi connectivity index (χ0v) is 20.4. The standard InChI is InChI=1S/C22H28N4O5S2/c1-15(2)20(22(28)24-17-7-8-19(32-3)23-14-17)25-21(27)16-5-4-6-18(13-16)33(29,30)26-9-11-31-12-10-26/h4-8,13-15,20H,9-12H2,1-3H3,(H,24,28)(H,25,27). The minimum atomic E-state index is -3.74. The number of hydrogen-bond acceptors (Lipinski definition) is 7. The van der Waals surface area contributed by atoms with Crippen LogP contribution in [0, 0.1) is 5.92 Å². The molecule has 1 unspecified atom stereocenters. The van der Waals surface area contributed by atoms with Crippen LogP contribution >= 0.6 is 11.8 Å². The summed E-state index contributed by atoms with van der Waals surface area (Å²) in [6.45, 7) is 4.83. The normalized spacial score (nSPS) is 15.8. The van der Waals surface area contributed by atoms with E-state index < -0.39 is 22.0 Å². The van der Waals surface area contributed by atoms with Crippen molar-refractivity contribution in [3.63, 3.8) is 0 Å². The monoisotopic (exact) mass is 492 g/mol. The molecule has 0 radical (unpaired) electrons. The Hall–Kier alpha value is -2.47. The first-order chi connectivity index (χ1) is 15.7. The molecule has 178 valence electrons. The number of hydrogen-bond donors (Lipinski definition) is 2. The lowest BCUT2D eigenvalue weighted by Crippen LogP contribution is -2.47. The zero-order chi connectivity index (χ0) is 24.0. The van der Waals surface area contributed by atoms with Crippen LogP contribution in [0.3, 0.4) is 0 Å². The number of ether oxygens (including phenoxy) is 1. The predicted molar refractivity (Wildman–Crippen MR) is 127 cm³/mol. The highest BCUT2D eigenvalue weighted by Crippen LogP contribution is 2.19. The summed E-state index contributed by atoms with van der Waals surface area (Å²) in [6, 6.07) is 8.55. The number of anilines is 1. The van der Waals surface area contributed by atoms with E-state index in [0.717, 1.165) is 5.03 Å². The van der Waals surface area contributed by atoms with Gasteiger partial charge in [0.1, 0.15) is 6.04 Å². The first-order valence-corrected chi connectivity index (χ1v) is 13.2. The summed E-state index contributed by atoms with van der Waals surface area (Å²) in [5.41, 5.74) is 0.685. The molecule has 9 nitrogen and oxygen atoms in total. The average molecular weight is 493 g/mol. The highest BCUT2D eigenvalue weighted by molar-refractivity contribution is 7.98. The van der Waals surface area contributed by atoms with Crippen molar-refractivity contribution < 1.29 is 22.7 Å². The van der Waals surface area contributed by atoms with Crippen molar-refractivity contribution in [2.24, 2.45) is 5.92 Å². The van der Waals surface area contributed by atoms with Crippen LogP contribution < -0.4 is 10.6 Å². The molecule has 11 heteroatoms. The van der Waals surface area contributed by atoms with Gasteiger partial charge in [-0.2, -0.15) is 4.31 Å². The lowest BCUT2D eigenvalue weighted by atomic mass is 10.0. The van der Waals surface area contributed by atoms with Crippen LogP contribution in [0.15, 0.2) is 52.5 Å². The second-order valence-corrected chi connectivity index (χ2v) is 10.6. The molecule has 1 aliphatic rings. The number of amides is 2. The van der Waals surface area contributed by atoms with E-state index in [-0.39, 0.29) is 35.4 Å². The van der Waals surface area contributed by atoms with Crippen molar-refractivity contribution >= 4 is 39.3 Å². The quantitative estimate of drug-likeness (QED) is 0.543. The van der Waals surface area contributed by atoms with Gasteiger partial charge in [0.2, 0.25) is 15.9 Å². The van der Waals surface area contributed by atoms with Crippen molar-refractivity contribution in [1.29, 1.82) is 0 Å². The van der Waals surface area contributed by atoms with Gasteiger partial charge in [-0.3, -0.25) is 9.59 Å². The van der Waals surface area contributed by atoms with Gasteiger partial charge in [-0.15, -0.1) is 11.8 Å². The van der Waals surface area contributed by atoms with Crippen LogP contribution in [-0.2, 0) is 19.6 Å². The fourth-order valence-corrected chi connectivity index (χ4v) is 5.10. The van der Waals surface area contributed by atoms with Gasteiger partial charge < -0.3 is 15.4 Å². The van der Waals surface area contributed by atoms with E-state index in [1.807, 2.05) is 20.1 Å². The van der Waals surface area contributed by atoms with Crippen molar-refractivity contribution in [3.05, 3.63) is 48.2 Å². The molecule has 1 aromatic heterocycles. The summed E-state index contributed by atoms with van der Waals surface area (Å²) in [6.07, 6.45) is 3.47. The number of benzene rings is 1. The predicted octanol–water partition coefficient (Wildman–Crippen LogP) is 2.22. The fraction of sp³-hybridized carbons (Fsp3) is 0.409. The Labute approximate surface area is 198 Å². The molecule has 0 spiro atoms. The molecule has 33 heavy (non-hydrogen) atoms. The lowest BCUT2D eigenvalue weighted by molar-refractivity contribution is -0.118. The minimum absolute atomic E-state index is 0.0301. The first-order valence-electron chi connectivity index (χ1n) is 10.5. The van der Waals surface area contributed by atoms with Gasteiger partial charge in [-0.1, -0.05) is 19.9 Å². The number of rotatable bonds is 8. The summed E-state index contributed by atoms with van der Waals surface area (Å²) in [5, 5.41) is 6.33. The molecule has 1 aromatic carbocycles. The molecule has 2 N–H and O–H groups in total. The highest BCUT2D eigenvalue weighted by atomic mass is 32.2. The molecule has 0 bridgehead atoms. The van der Waals surface area contributed by atoms with Gasteiger partial charge in [0.15, 0.2) is 0 Å². The summed E-state index contributed by atoms with van der Waals surface area (Å²) >= 11 is 1.49. The smallest absolute Gasteiger partial charge is 0.251 e. The number of sulfonamides is 1. The number of nitrogens with one attached hydrogen (secondary N) is 2. The topological polar surface area (TPSA) is 118 Å². The van der Waals surface area contributed by atoms with Crippen LogP contribution in [0.25, 0.3) is 0 Å². The Morgan fingerprint density at radius 3 is 2.48 bits per heavy atom. The molecular weight excluding hydrogens is 464 g/mol. The summed E-state index contributed by atoms with van der Waals surface area (Å²) in [7, 11) is -3.74. The molecule has 1 saturated heterocycles. The molecule has 2 amide bonds. The van der Waals surface area contributed by atoms with Crippen molar-refractivity contribution in [2.75, 3.05) is 37.9 Å². The molecule has 0 saturated carbocycles. The van der Waals surface area contributed by atoms with Gasteiger partial charge >= 0.3 is 0 Å². The van der Waals surface area contributed by atoms with E-state index in [1.54, 1.807) is 18.3 Å². The molecule has 1 atom stereocenters. The number of aromatic nitrogens is 1. The molecule has 3 rings (SSSR count). The molecule has 1 fully saturated rings. The van der Waals surface area contributed by atoms with Gasteiger partial charge in [-0.25, -0.2) is 13.4 Å². The van der Waals surface area contributed by atoms with Crippen LogP contribution in [0.5, 0.6) is 0 Å².